The normalized spacial score (nSPS) is 19.8. The molecule has 37 heavy (non-hydrogen) atoms. The Morgan fingerprint density at radius 3 is 2.41 bits per heavy atom. The van der Waals surface area contributed by atoms with Gasteiger partial charge in [0.25, 0.3) is 5.91 Å². The number of benzene rings is 2. The number of methoxy groups -OCH3 is 1. The van der Waals surface area contributed by atoms with Gasteiger partial charge in [-0.25, -0.2) is 0 Å². The second-order valence-electron chi connectivity index (χ2n) is 10.5. The van der Waals surface area contributed by atoms with Gasteiger partial charge in [0.05, 0.1) is 5.60 Å². The van der Waals surface area contributed by atoms with E-state index in [1.54, 1.807) is 41.3 Å². The predicted molar refractivity (Wildman–Crippen MR) is 143 cm³/mol. The van der Waals surface area contributed by atoms with Gasteiger partial charge in [-0.15, -0.1) is 0 Å². The maximum atomic E-state index is 13.6. The van der Waals surface area contributed by atoms with Crippen LogP contribution in [0.5, 0.6) is 0 Å². The molecule has 2 atom stereocenters. The maximum Gasteiger partial charge on any atom is 0.252 e. The highest BCUT2D eigenvalue weighted by atomic mass is 35.5. The highest BCUT2D eigenvalue weighted by molar-refractivity contribution is 6.30. The van der Waals surface area contributed by atoms with E-state index in [-0.39, 0.29) is 24.3 Å². The Labute approximate surface area is 223 Å². The van der Waals surface area contributed by atoms with Gasteiger partial charge in [-0.1, -0.05) is 57.5 Å². The molecule has 200 valence electrons. The minimum atomic E-state index is -1.13. The van der Waals surface area contributed by atoms with E-state index in [1.807, 2.05) is 39.8 Å². The van der Waals surface area contributed by atoms with Gasteiger partial charge in [0.15, 0.2) is 0 Å². The molecule has 8 nitrogen and oxygen atoms in total. The van der Waals surface area contributed by atoms with Crippen LogP contribution in [0.2, 0.25) is 5.02 Å². The lowest BCUT2D eigenvalue weighted by Crippen LogP contribution is -2.60. The van der Waals surface area contributed by atoms with Gasteiger partial charge in [0, 0.05) is 41.9 Å². The van der Waals surface area contributed by atoms with Crippen LogP contribution in [0.15, 0.2) is 48.5 Å². The molecule has 9 heteroatoms. The number of anilines is 1. The molecular formula is C28H36ClN3O5. The molecule has 0 saturated carbocycles. The van der Waals surface area contributed by atoms with Crippen molar-refractivity contribution in [2.45, 2.75) is 45.8 Å². The van der Waals surface area contributed by atoms with Crippen LogP contribution in [0.1, 0.15) is 50.0 Å². The van der Waals surface area contributed by atoms with Crippen molar-refractivity contribution in [1.29, 1.82) is 0 Å². The third-order valence-electron chi connectivity index (χ3n) is 6.99. The van der Waals surface area contributed by atoms with E-state index < -0.39 is 23.0 Å². The molecule has 1 heterocycles. The number of aliphatic hydroxyl groups is 1. The van der Waals surface area contributed by atoms with Crippen LogP contribution in [-0.2, 0) is 19.9 Å². The van der Waals surface area contributed by atoms with Gasteiger partial charge < -0.3 is 25.4 Å². The number of carbonyl (C=O) groups excluding carboxylic acids is 3. The number of piperidine rings is 1. The van der Waals surface area contributed by atoms with Crippen molar-refractivity contribution < 1.29 is 24.2 Å². The SMILES string of the molecule is COCC(=O)Nc1cccc(C(=O)N[C@@H](C(=O)N2CC[C@](O)(c3ccc(Cl)cc3)C(C)(C)C2)C(C)C)c1. The standard InChI is InChI=1S/C28H36ClN3O5/c1-18(2)24(31-25(34)19-7-6-8-22(15-19)30-23(33)16-37-5)26(35)32-14-13-28(36,27(3,4)17-32)20-9-11-21(29)12-10-20/h6-12,15,18,24,36H,13-14,16-17H2,1-5H3,(H,30,33)(H,31,34)/t24-,28+/m1/s1. The number of rotatable bonds is 8. The molecular weight excluding hydrogens is 494 g/mol. The fraction of sp³-hybridized carbons (Fsp3) is 0.464. The second kappa shape index (κ2) is 11.6. The zero-order valence-corrected chi connectivity index (χ0v) is 22.8. The van der Waals surface area contributed by atoms with Crippen LogP contribution in [0.25, 0.3) is 0 Å². The number of ether oxygens (including phenoxy) is 1. The molecule has 2 aromatic rings. The van der Waals surface area contributed by atoms with Crippen LogP contribution in [0.3, 0.4) is 0 Å². The Bertz CT molecular complexity index is 1130. The lowest BCUT2D eigenvalue weighted by Gasteiger charge is -2.51. The third kappa shape index (κ3) is 6.50. The summed E-state index contributed by atoms with van der Waals surface area (Å²) in [4.78, 5) is 40.2. The number of likely N-dealkylation sites (tertiary alicyclic amines) is 1. The molecule has 0 unspecified atom stereocenters. The van der Waals surface area contributed by atoms with Crippen LogP contribution in [0, 0.1) is 11.3 Å². The summed E-state index contributed by atoms with van der Waals surface area (Å²) in [5, 5.41) is 17.8. The topological polar surface area (TPSA) is 108 Å². The highest BCUT2D eigenvalue weighted by Gasteiger charge is 2.50. The average Bonchev–Trinajstić information content (AvgIpc) is 2.84. The summed E-state index contributed by atoms with van der Waals surface area (Å²) in [6.45, 7) is 8.21. The predicted octanol–water partition coefficient (Wildman–Crippen LogP) is 3.83. The van der Waals surface area contributed by atoms with Gasteiger partial charge in [0.1, 0.15) is 12.6 Å². The first-order valence-corrected chi connectivity index (χ1v) is 12.7. The second-order valence-corrected chi connectivity index (χ2v) is 11.0. The zero-order valence-electron chi connectivity index (χ0n) is 22.0. The van der Waals surface area contributed by atoms with Crippen molar-refractivity contribution in [1.82, 2.24) is 10.2 Å². The molecule has 0 aromatic heterocycles. The minimum Gasteiger partial charge on any atom is -0.384 e. The summed E-state index contributed by atoms with van der Waals surface area (Å²) in [6, 6.07) is 12.9. The monoisotopic (exact) mass is 529 g/mol. The Kier molecular flexibility index (Phi) is 9.00. The van der Waals surface area contributed by atoms with Crippen molar-refractivity contribution >= 4 is 35.0 Å². The summed E-state index contributed by atoms with van der Waals surface area (Å²) >= 11 is 6.03. The van der Waals surface area contributed by atoms with Crippen molar-refractivity contribution in [3.8, 4) is 0 Å². The molecule has 1 aliphatic rings. The zero-order chi connectivity index (χ0) is 27.4. The number of hydrogen-bond donors (Lipinski definition) is 3. The van der Waals surface area contributed by atoms with Crippen molar-refractivity contribution in [3.05, 3.63) is 64.7 Å². The van der Waals surface area contributed by atoms with Crippen LogP contribution in [0.4, 0.5) is 5.69 Å². The van der Waals surface area contributed by atoms with E-state index in [4.69, 9.17) is 16.3 Å². The minimum absolute atomic E-state index is 0.0975. The Balaban J connectivity index is 1.73. The van der Waals surface area contributed by atoms with Crippen LogP contribution >= 0.6 is 11.6 Å². The summed E-state index contributed by atoms with van der Waals surface area (Å²) in [5.74, 6) is -1.11. The summed E-state index contributed by atoms with van der Waals surface area (Å²) < 4.78 is 4.82. The lowest BCUT2D eigenvalue weighted by atomic mass is 9.66. The molecule has 1 fully saturated rings. The smallest absolute Gasteiger partial charge is 0.252 e. The van der Waals surface area contributed by atoms with E-state index in [9.17, 15) is 19.5 Å². The Morgan fingerprint density at radius 2 is 1.81 bits per heavy atom. The van der Waals surface area contributed by atoms with Crippen LogP contribution < -0.4 is 10.6 Å². The first-order chi connectivity index (χ1) is 17.4. The largest absolute Gasteiger partial charge is 0.384 e. The van der Waals surface area contributed by atoms with Crippen LogP contribution in [-0.4, -0.2) is 60.6 Å². The number of nitrogens with one attached hydrogen (secondary N) is 2. The molecule has 0 radical (unpaired) electrons. The van der Waals surface area contributed by atoms with Gasteiger partial charge >= 0.3 is 0 Å². The van der Waals surface area contributed by atoms with Crippen molar-refractivity contribution in [2.24, 2.45) is 11.3 Å². The lowest BCUT2D eigenvalue weighted by molar-refractivity contribution is -0.155. The number of nitrogens with zero attached hydrogens (tertiary/aromatic N) is 1. The first-order valence-electron chi connectivity index (χ1n) is 12.3. The maximum absolute atomic E-state index is 13.6. The number of hydrogen-bond acceptors (Lipinski definition) is 5. The highest BCUT2D eigenvalue weighted by Crippen LogP contribution is 2.46. The number of carbonyl (C=O) groups is 3. The number of amides is 3. The average molecular weight is 530 g/mol. The number of halogens is 1. The van der Waals surface area contributed by atoms with E-state index in [0.717, 1.165) is 5.56 Å². The van der Waals surface area contributed by atoms with Gasteiger partial charge in [0.2, 0.25) is 11.8 Å². The summed E-state index contributed by atoms with van der Waals surface area (Å²) in [5.41, 5.74) is -0.223. The Morgan fingerprint density at radius 1 is 1.14 bits per heavy atom. The van der Waals surface area contributed by atoms with Crippen molar-refractivity contribution in [3.63, 3.8) is 0 Å². The van der Waals surface area contributed by atoms with E-state index in [1.165, 1.54) is 7.11 Å². The molecule has 0 bridgehead atoms. The first kappa shape index (κ1) is 28.6. The molecule has 3 N–H and O–H groups in total. The van der Waals surface area contributed by atoms with Gasteiger partial charge in [-0.3, -0.25) is 14.4 Å². The van der Waals surface area contributed by atoms with E-state index in [0.29, 0.717) is 35.8 Å². The fourth-order valence-electron chi connectivity index (χ4n) is 4.77. The molecule has 1 aliphatic heterocycles. The quantitative estimate of drug-likeness (QED) is 0.482. The van der Waals surface area contributed by atoms with Gasteiger partial charge in [-0.2, -0.15) is 0 Å². The Hall–Kier alpha value is -2.94. The molecule has 1 saturated heterocycles. The van der Waals surface area contributed by atoms with Crippen molar-refractivity contribution in [2.75, 3.05) is 32.1 Å². The molecule has 2 aromatic carbocycles. The van der Waals surface area contributed by atoms with E-state index in [2.05, 4.69) is 10.6 Å². The fourth-order valence-corrected chi connectivity index (χ4v) is 4.90. The van der Waals surface area contributed by atoms with E-state index >= 15 is 0 Å². The summed E-state index contributed by atoms with van der Waals surface area (Å²) in [7, 11) is 1.42. The molecule has 0 aliphatic carbocycles. The summed E-state index contributed by atoms with van der Waals surface area (Å²) in [6.07, 6.45) is 0.356. The third-order valence-corrected chi connectivity index (χ3v) is 7.24. The molecule has 0 spiro atoms. The van der Waals surface area contributed by atoms with Gasteiger partial charge in [-0.05, 0) is 48.2 Å². The molecule has 3 amide bonds. The molecule has 3 rings (SSSR count).